The molecule has 0 spiro atoms. The van der Waals surface area contributed by atoms with Gasteiger partial charge in [-0.05, 0) is 55.7 Å². The molecule has 0 aliphatic carbocycles. The normalized spacial score (nSPS) is 12.8. The summed E-state index contributed by atoms with van der Waals surface area (Å²) in [6, 6.07) is 14.5. The van der Waals surface area contributed by atoms with Gasteiger partial charge in [0.2, 0.25) is 0 Å². The zero-order valence-electron chi connectivity index (χ0n) is 14.3. The van der Waals surface area contributed by atoms with Gasteiger partial charge in [-0.3, -0.25) is 0 Å². The van der Waals surface area contributed by atoms with Crippen molar-refractivity contribution in [3.05, 3.63) is 59.2 Å². The number of aromatic nitrogens is 2. The van der Waals surface area contributed by atoms with Gasteiger partial charge in [0.1, 0.15) is 17.3 Å². The average molecular weight is 319 g/mol. The second kappa shape index (κ2) is 5.71. The molecule has 1 aliphatic rings. The second-order valence-corrected chi connectivity index (χ2v) is 6.23. The molecule has 4 heteroatoms. The van der Waals surface area contributed by atoms with E-state index in [1.165, 1.54) is 16.7 Å². The fourth-order valence-corrected chi connectivity index (χ4v) is 3.28. The Kier molecular flexibility index (Phi) is 3.53. The summed E-state index contributed by atoms with van der Waals surface area (Å²) < 4.78 is 7.56. The number of hydrogen-bond donors (Lipinski definition) is 1. The monoisotopic (exact) mass is 319 g/mol. The molecule has 4 nitrogen and oxygen atoms in total. The van der Waals surface area contributed by atoms with E-state index in [-0.39, 0.29) is 0 Å². The Labute approximate surface area is 142 Å². The van der Waals surface area contributed by atoms with E-state index in [0.717, 1.165) is 41.5 Å². The molecular weight excluding hydrogens is 298 g/mol. The number of rotatable bonds is 3. The summed E-state index contributed by atoms with van der Waals surface area (Å²) in [5, 5.41) is 8.41. The predicted octanol–water partition coefficient (Wildman–Crippen LogP) is 4.13. The van der Waals surface area contributed by atoms with Crippen LogP contribution in [0.5, 0.6) is 5.75 Å². The van der Waals surface area contributed by atoms with Crippen LogP contribution in [0.2, 0.25) is 0 Å². The van der Waals surface area contributed by atoms with Crippen LogP contribution >= 0.6 is 0 Å². The molecule has 0 atom stereocenters. The van der Waals surface area contributed by atoms with Gasteiger partial charge < -0.3 is 10.1 Å². The standard InChI is InChI=1S/C20H21N3O/c1-13-8-9-15(12-14(13)2)23-20-17(10-11-21-20)19(22-23)16-6-4-5-7-18(16)24-3/h4-9,12,21H,10-11H2,1-3H3. The molecule has 0 fully saturated rings. The molecule has 122 valence electrons. The van der Waals surface area contributed by atoms with Crippen LogP contribution in [-0.2, 0) is 6.42 Å². The van der Waals surface area contributed by atoms with Crippen LogP contribution in [0.25, 0.3) is 16.9 Å². The maximum Gasteiger partial charge on any atom is 0.133 e. The lowest BCUT2D eigenvalue weighted by atomic mass is 10.1. The molecule has 0 radical (unpaired) electrons. The van der Waals surface area contributed by atoms with Crippen LogP contribution in [0.3, 0.4) is 0 Å². The summed E-state index contributed by atoms with van der Waals surface area (Å²) in [4.78, 5) is 0. The Morgan fingerprint density at radius 1 is 1.08 bits per heavy atom. The highest BCUT2D eigenvalue weighted by Gasteiger charge is 2.25. The molecule has 3 aromatic rings. The summed E-state index contributed by atoms with van der Waals surface area (Å²) in [6.07, 6.45) is 0.980. The fraction of sp³-hybridized carbons (Fsp3) is 0.250. The van der Waals surface area contributed by atoms with E-state index in [9.17, 15) is 0 Å². The van der Waals surface area contributed by atoms with Crippen LogP contribution in [-0.4, -0.2) is 23.4 Å². The highest BCUT2D eigenvalue weighted by atomic mass is 16.5. The highest BCUT2D eigenvalue weighted by Crippen LogP contribution is 2.38. The van der Waals surface area contributed by atoms with E-state index in [0.29, 0.717) is 0 Å². The Morgan fingerprint density at radius 3 is 2.71 bits per heavy atom. The van der Waals surface area contributed by atoms with Crippen LogP contribution in [0.1, 0.15) is 16.7 Å². The van der Waals surface area contributed by atoms with Crippen LogP contribution < -0.4 is 10.1 Å². The molecule has 2 aromatic carbocycles. The van der Waals surface area contributed by atoms with Crippen LogP contribution in [0.4, 0.5) is 5.82 Å². The van der Waals surface area contributed by atoms with Crippen molar-refractivity contribution >= 4 is 5.82 Å². The third kappa shape index (κ3) is 2.26. The van der Waals surface area contributed by atoms with Crippen molar-refractivity contribution < 1.29 is 4.74 Å². The number of fused-ring (bicyclic) bond motifs is 1. The van der Waals surface area contributed by atoms with Crippen LogP contribution in [0.15, 0.2) is 42.5 Å². The fourth-order valence-electron chi connectivity index (χ4n) is 3.28. The molecule has 0 saturated carbocycles. The van der Waals surface area contributed by atoms with Gasteiger partial charge in [-0.1, -0.05) is 18.2 Å². The van der Waals surface area contributed by atoms with Gasteiger partial charge in [0.25, 0.3) is 0 Å². The molecule has 2 heterocycles. The SMILES string of the molecule is COc1ccccc1-c1nn(-c2ccc(C)c(C)c2)c2c1CCN2. The smallest absolute Gasteiger partial charge is 0.133 e. The Morgan fingerprint density at radius 2 is 1.92 bits per heavy atom. The number of anilines is 1. The minimum absolute atomic E-state index is 0.858. The van der Waals surface area contributed by atoms with Gasteiger partial charge in [-0.15, -0.1) is 0 Å². The summed E-state index contributed by atoms with van der Waals surface area (Å²) in [6.45, 7) is 5.21. The third-order valence-electron chi connectivity index (χ3n) is 4.75. The molecule has 0 saturated heterocycles. The van der Waals surface area contributed by atoms with Crippen molar-refractivity contribution in [3.63, 3.8) is 0 Å². The summed E-state index contributed by atoms with van der Waals surface area (Å²) >= 11 is 0. The van der Waals surface area contributed by atoms with Gasteiger partial charge in [0.05, 0.1) is 12.8 Å². The zero-order valence-corrected chi connectivity index (χ0v) is 14.3. The molecule has 0 unspecified atom stereocenters. The first-order chi connectivity index (χ1) is 11.7. The van der Waals surface area contributed by atoms with Crippen molar-refractivity contribution in [1.29, 1.82) is 0 Å². The van der Waals surface area contributed by atoms with E-state index in [1.807, 2.05) is 22.9 Å². The Balaban J connectivity index is 1.91. The van der Waals surface area contributed by atoms with E-state index in [2.05, 4.69) is 43.4 Å². The molecule has 24 heavy (non-hydrogen) atoms. The number of aryl methyl sites for hydroxylation is 2. The van der Waals surface area contributed by atoms with E-state index in [1.54, 1.807) is 7.11 Å². The number of methoxy groups -OCH3 is 1. The highest BCUT2D eigenvalue weighted by molar-refractivity contribution is 5.76. The van der Waals surface area contributed by atoms with Gasteiger partial charge in [0.15, 0.2) is 0 Å². The first-order valence-electron chi connectivity index (χ1n) is 8.26. The van der Waals surface area contributed by atoms with Gasteiger partial charge in [-0.2, -0.15) is 5.10 Å². The average Bonchev–Trinajstić information content (AvgIpc) is 3.20. The molecule has 1 N–H and O–H groups in total. The molecule has 0 bridgehead atoms. The molecule has 1 aromatic heterocycles. The second-order valence-electron chi connectivity index (χ2n) is 6.23. The largest absolute Gasteiger partial charge is 0.496 e. The lowest BCUT2D eigenvalue weighted by Crippen LogP contribution is -2.05. The minimum atomic E-state index is 0.858. The topological polar surface area (TPSA) is 39.1 Å². The van der Waals surface area contributed by atoms with E-state index in [4.69, 9.17) is 9.84 Å². The van der Waals surface area contributed by atoms with Crippen molar-refractivity contribution in [2.24, 2.45) is 0 Å². The molecular formula is C20H21N3O. The summed E-state index contributed by atoms with van der Waals surface area (Å²) in [7, 11) is 1.71. The van der Waals surface area contributed by atoms with Gasteiger partial charge in [-0.25, -0.2) is 4.68 Å². The zero-order chi connectivity index (χ0) is 16.7. The predicted molar refractivity (Wildman–Crippen MR) is 97.2 cm³/mol. The van der Waals surface area contributed by atoms with Crippen LogP contribution in [0, 0.1) is 13.8 Å². The summed E-state index contributed by atoms with van der Waals surface area (Å²) in [5.41, 5.74) is 6.96. The lowest BCUT2D eigenvalue weighted by Gasteiger charge is -2.09. The number of benzene rings is 2. The van der Waals surface area contributed by atoms with E-state index >= 15 is 0 Å². The van der Waals surface area contributed by atoms with Crippen molar-refractivity contribution in [2.75, 3.05) is 19.0 Å². The summed E-state index contributed by atoms with van der Waals surface area (Å²) in [5.74, 6) is 1.95. The number of nitrogens with one attached hydrogen (secondary N) is 1. The van der Waals surface area contributed by atoms with Crippen molar-refractivity contribution in [3.8, 4) is 22.7 Å². The molecule has 0 amide bonds. The van der Waals surface area contributed by atoms with Crippen molar-refractivity contribution in [2.45, 2.75) is 20.3 Å². The number of ether oxygens (including phenoxy) is 1. The van der Waals surface area contributed by atoms with Gasteiger partial charge >= 0.3 is 0 Å². The molecule has 1 aliphatic heterocycles. The van der Waals surface area contributed by atoms with Crippen molar-refractivity contribution in [1.82, 2.24) is 9.78 Å². The lowest BCUT2D eigenvalue weighted by molar-refractivity contribution is 0.416. The number of hydrogen-bond acceptors (Lipinski definition) is 3. The molecule has 4 rings (SSSR count). The van der Waals surface area contributed by atoms with E-state index < -0.39 is 0 Å². The minimum Gasteiger partial charge on any atom is -0.496 e. The number of nitrogens with zero attached hydrogens (tertiary/aromatic N) is 2. The first kappa shape index (κ1) is 14.8. The third-order valence-corrected chi connectivity index (χ3v) is 4.75. The maximum atomic E-state index is 5.54. The Hall–Kier alpha value is -2.75. The Bertz CT molecular complexity index is 911. The number of para-hydroxylation sites is 1. The quantitative estimate of drug-likeness (QED) is 0.789. The maximum absolute atomic E-state index is 5.54. The van der Waals surface area contributed by atoms with Gasteiger partial charge in [0, 0.05) is 17.7 Å². The first-order valence-corrected chi connectivity index (χ1v) is 8.26.